The van der Waals surface area contributed by atoms with E-state index in [-0.39, 0.29) is 17.8 Å². The molecule has 174 valence electrons. The SMILES string of the molecule is Cc1ccc(C(N[C@H](C)c2cccc3ccccc23)c2cccc(Nc3c(O)c(=O)c3=O)c2)cc1. The zero-order chi connectivity index (χ0) is 24.5. The maximum Gasteiger partial charge on any atom is 0.271 e. The normalized spacial score (nSPS) is 13.1. The molecule has 5 nitrogen and oxygen atoms in total. The van der Waals surface area contributed by atoms with Crippen LogP contribution >= 0.6 is 0 Å². The molecule has 0 aliphatic rings. The molecule has 0 bridgehead atoms. The fraction of sp³-hybridized carbons (Fsp3) is 0.133. The third kappa shape index (κ3) is 4.34. The summed E-state index contributed by atoms with van der Waals surface area (Å²) in [6, 6.07) is 30.7. The second-order valence-corrected chi connectivity index (χ2v) is 8.93. The fourth-order valence-corrected chi connectivity index (χ4v) is 4.55. The Labute approximate surface area is 203 Å². The van der Waals surface area contributed by atoms with E-state index in [0.29, 0.717) is 5.69 Å². The Kier molecular flexibility index (Phi) is 5.93. The minimum Gasteiger partial charge on any atom is -0.502 e. The Hall–Kier alpha value is -4.22. The van der Waals surface area contributed by atoms with Crippen molar-refractivity contribution in [3.8, 4) is 5.75 Å². The van der Waals surface area contributed by atoms with Crippen LogP contribution in [0.4, 0.5) is 11.4 Å². The number of anilines is 2. The molecule has 0 saturated carbocycles. The van der Waals surface area contributed by atoms with E-state index in [9.17, 15) is 14.7 Å². The quantitative estimate of drug-likeness (QED) is 0.273. The first-order valence-electron chi connectivity index (χ1n) is 11.6. The molecule has 2 atom stereocenters. The van der Waals surface area contributed by atoms with Gasteiger partial charge in [-0.15, -0.1) is 0 Å². The molecule has 5 heteroatoms. The van der Waals surface area contributed by atoms with Gasteiger partial charge in [0.05, 0.1) is 6.04 Å². The van der Waals surface area contributed by atoms with Gasteiger partial charge in [0, 0.05) is 11.7 Å². The molecule has 0 spiro atoms. The molecule has 0 aliphatic carbocycles. The summed E-state index contributed by atoms with van der Waals surface area (Å²) < 4.78 is 0. The molecule has 0 heterocycles. The number of rotatable bonds is 7. The minimum absolute atomic E-state index is 0.0432. The molecular weight excluding hydrogens is 436 g/mol. The van der Waals surface area contributed by atoms with Crippen LogP contribution in [-0.2, 0) is 0 Å². The van der Waals surface area contributed by atoms with Gasteiger partial charge in [0.15, 0.2) is 5.75 Å². The third-order valence-corrected chi connectivity index (χ3v) is 6.49. The predicted molar refractivity (Wildman–Crippen MR) is 141 cm³/mol. The van der Waals surface area contributed by atoms with E-state index >= 15 is 0 Å². The second kappa shape index (κ2) is 9.20. The summed E-state index contributed by atoms with van der Waals surface area (Å²) in [5.74, 6) is -0.516. The number of nitrogens with one attached hydrogen (secondary N) is 2. The number of hydrogen-bond acceptors (Lipinski definition) is 5. The van der Waals surface area contributed by atoms with Gasteiger partial charge >= 0.3 is 0 Å². The molecule has 5 rings (SSSR count). The van der Waals surface area contributed by atoms with Crippen LogP contribution in [0.5, 0.6) is 5.75 Å². The van der Waals surface area contributed by atoms with Crippen molar-refractivity contribution >= 4 is 22.1 Å². The van der Waals surface area contributed by atoms with E-state index in [4.69, 9.17) is 0 Å². The van der Waals surface area contributed by atoms with Gasteiger partial charge in [-0.3, -0.25) is 14.9 Å². The standard InChI is InChI=1S/C30H26N2O3/c1-18-13-15-21(16-14-18)26(31-19(2)24-12-6-8-20-7-3-4-11-25(20)24)22-9-5-10-23(17-22)32-27-28(33)30(35)29(27)34/h3-17,19,26,31-33H,1-2H3/t19-,26?/m1/s1. The van der Waals surface area contributed by atoms with E-state index in [1.165, 1.54) is 21.9 Å². The number of aromatic hydroxyl groups is 1. The van der Waals surface area contributed by atoms with E-state index in [1.54, 1.807) is 6.07 Å². The Bertz CT molecular complexity index is 1580. The summed E-state index contributed by atoms with van der Waals surface area (Å²) in [5.41, 5.74) is 3.50. The molecule has 0 radical (unpaired) electrons. The Morgan fingerprint density at radius 2 is 1.49 bits per heavy atom. The first kappa shape index (κ1) is 22.6. The zero-order valence-electron chi connectivity index (χ0n) is 19.6. The van der Waals surface area contributed by atoms with Crippen molar-refractivity contribution in [2.45, 2.75) is 25.9 Å². The molecule has 3 N–H and O–H groups in total. The van der Waals surface area contributed by atoms with Crippen molar-refractivity contribution < 1.29 is 5.11 Å². The maximum absolute atomic E-state index is 11.8. The van der Waals surface area contributed by atoms with Crippen LogP contribution in [0, 0.1) is 6.92 Å². The molecular formula is C30H26N2O3. The number of aryl methyl sites for hydroxylation is 1. The van der Waals surface area contributed by atoms with E-state index in [2.05, 4.69) is 85.1 Å². The molecule has 0 fully saturated rings. The lowest BCUT2D eigenvalue weighted by molar-refractivity contribution is 0.466. The molecule has 1 unspecified atom stereocenters. The van der Waals surface area contributed by atoms with Gasteiger partial charge in [-0.05, 0) is 53.4 Å². The molecule has 0 aliphatic heterocycles. The number of hydrogen-bond donors (Lipinski definition) is 3. The van der Waals surface area contributed by atoms with Crippen LogP contribution in [0.1, 0.15) is 41.3 Å². The van der Waals surface area contributed by atoms with Crippen molar-refractivity contribution in [3.63, 3.8) is 0 Å². The zero-order valence-corrected chi connectivity index (χ0v) is 19.6. The molecule has 0 saturated heterocycles. The average Bonchev–Trinajstić information content (AvgIpc) is 2.90. The predicted octanol–water partition coefficient (Wildman–Crippen LogP) is 5.63. The van der Waals surface area contributed by atoms with Gasteiger partial charge in [0.2, 0.25) is 0 Å². The van der Waals surface area contributed by atoms with E-state index in [0.717, 1.165) is 11.1 Å². The minimum atomic E-state index is -0.855. The smallest absolute Gasteiger partial charge is 0.271 e. The Morgan fingerprint density at radius 1 is 0.771 bits per heavy atom. The Morgan fingerprint density at radius 3 is 2.26 bits per heavy atom. The van der Waals surface area contributed by atoms with Crippen LogP contribution in [0.25, 0.3) is 10.8 Å². The van der Waals surface area contributed by atoms with Crippen molar-refractivity contribution in [2.24, 2.45) is 0 Å². The van der Waals surface area contributed by atoms with Crippen LogP contribution in [0.3, 0.4) is 0 Å². The number of fused-ring (bicyclic) bond motifs is 1. The first-order chi connectivity index (χ1) is 16.9. The van der Waals surface area contributed by atoms with E-state index in [1.807, 2.05) is 24.3 Å². The highest BCUT2D eigenvalue weighted by Gasteiger charge is 2.22. The lowest BCUT2D eigenvalue weighted by Crippen LogP contribution is -2.32. The summed E-state index contributed by atoms with van der Waals surface area (Å²) in [7, 11) is 0. The molecule has 0 amide bonds. The van der Waals surface area contributed by atoms with E-state index < -0.39 is 16.6 Å². The molecule has 5 aromatic rings. The molecule has 5 aromatic carbocycles. The highest BCUT2D eigenvalue weighted by atomic mass is 16.3. The van der Waals surface area contributed by atoms with Gasteiger partial charge in [0.25, 0.3) is 10.9 Å². The summed E-state index contributed by atoms with van der Waals surface area (Å²) in [5, 5.41) is 18.9. The summed E-state index contributed by atoms with van der Waals surface area (Å²) >= 11 is 0. The molecule has 0 aromatic heterocycles. The summed E-state index contributed by atoms with van der Waals surface area (Å²) in [6.45, 7) is 4.22. The summed E-state index contributed by atoms with van der Waals surface area (Å²) in [4.78, 5) is 23.2. The second-order valence-electron chi connectivity index (χ2n) is 8.93. The topological polar surface area (TPSA) is 78.4 Å². The Balaban J connectivity index is 1.51. The largest absolute Gasteiger partial charge is 0.502 e. The first-order valence-corrected chi connectivity index (χ1v) is 11.6. The van der Waals surface area contributed by atoms with Gasteiger partial charge in [0.1, 0.15) is 5.69 Å². The van der Waals surface area contributed by atoms with Crippen LogP contribution < -0.4 is 21.5 Å². The lowest BCUT2D eigenvalue weighted by Gasteiger charge is -2.26. The van der Waals surface area contributed by atoms with Gasteiger partial charge < -0.3 is 10.4 Å². The van der Waals surface area contributed by atoms with Crippen molar-refractivity contribution in [1.82, 2.24) is 5.32 Å². The summed E-state index contributed by atoms with van der Waals surface area (Å²) in [6.07, 6.45) is 0. The van der Waals surface area contributed by atoms with Crippen molar-refractivity contribution in [3.05, 3.63) is 134 Å². The number of benzene rings is 4. The fourth-order valence-electron chi connectivity index (χ4n) is 4.55. The monoisotopic (exact) mass is 462 g/mol. The van der Waals surface area contributed by atoms with Gasteiger partial charge in [-0.2, -0.15) is 0 Å². The highest BCUT2D eigenvalue weighted by Crippen LogP contribution is 2.31. The maximum atomic E-state index is 11.8. The van der Waals surface area contributed by atoms with Crippen LogP contribution in [-0.4, -0.2) is 5.11 Å². The van der Waals surface area contributed by atoms with Gasteiger partial charge in [-0.25, -0.2) is 0 Å². The van der Waals surface area contributed by atoms with Crippen LogP contribution in [0.15, 0.2) is 101 Å². The van der Waals surface area contributed by atoms with Crippen molar-refractivity contribution in [2.75, 3.05) is 5.32 Å². The van der Waals surface area contributed by atoms with Crippen LogP contribution in [0.2, 0.25) is 0 Å². The van der Waals surface area contributed by atoms with Gasteiger partial charge in [-0.1, -0.05) is 84.4 Å². The van der Waals surface area contributed by atoms with Crippen molar-refractivity contribution in [1.29, 1.82) is 0 Å². The highest BCUT2D eigenvalue weighted by molar-refractivity contribution is 5.86. The third-order valence-electron chi connectivity index (χ3n) is 6.49. The molecule has 35 heavy (non-hydrogen) atoms. The average molecular weight is 463 g/mol. The lowest BCUT2D eigenvalue weighted by atomic mass is 9.94.